The van der Waals surface area contributed by atoms with E-state index in [9.17, 15) is 9.59 Å². The number of benzene rings is 2. The van der Waals surface area contributed by atoms with Gasteiger partial charge >= 0.3 is 0 Å². The van der Waals surface area contributed by atoms with Crippen LogP contribution in [0.15, 0.2) is 70.1 Å². The van der Waals surface area contributed by atoms with Gasteiger partial charge in [-0.15, -0.1) is 0 Å². The molecular weight excluding hydrogens is 380 g/mol. The van der Waals surface area contributed by atoms with Crippen LogP contribution < -0.4 is 20.4 Å². The van der Waals surface area contributed by atoms with Crippen molar-refractivity contribution >= 4 is 17.3 Å². The van der Waals surface area contributed by atoms with Crippen molar-refractivity contribution in [2.24, 2.45) is 0 Å². The van der Waals surface area contributed by atoms with Gasteiger partial charge in [-0.05, 0) is 44.0 Å². The van der Waals surface area contributed by atoms with Crippen LogP contribution >= 0.6 is 0 Å². The van der Waals surface area contributed by atoms with Gasteiger partial charge in [0.2, 0.25) is 11.2 Å². The SMILES string of the molecule is Cc1ccc(NC(=O)COc2coc(CN3c4ccccc4C[C@@H]3C)cc2=O)cc1. The molecule has 3 aromatic rings. The summed E-state index contributed by atoms with van der Waals surface area (Å²) in [6.45, 7) is 4.36. The summed E-state index contributed by atoms with van der Waals surface area (Å²) in [6, 6.07) is 17.5. The molecule has 1 N–H and O–H groups in total. The third kappa shape index (κ3) is 4.38. The summed E-state index contributed by atoms with van der Waals surface area (Å²) in [4.78, 5) is 26.7. The van der Waals surface area contributed by atoms with Gasteiger partial charge in [-0.1, -0.05) is 35.9 Å². The van der Waals surface area contributed by atoms with Crippen LogP contribution in [0.25, 0.3) is 0 Å². The summed E-state index contributed by atoms with van der Waals surface area (Å²) >= 11 is 0. The molecule has 6 heteroatoms. The molecule has 0 unspecified atom stereocenters. The topological polar surface area (TPSA) is 71.8 Å². The summed E-state index contributed by atoms with van der Waals surface area (Å²) in [6.07, 6.45) is 2.25. The fourth-order valence-electron chi connectivity index (χ4n) is 3.64. The van der Waals surface area contributed by atoms with E-state index < -0.39 is 0 Å². The second-order valence-electron chi connectivity index (χ2n) is 7.59. The zero-order valence-corrected chi connectivity index (χ0v) is 17.1. The predicted octanol–water partition coefficient (Wildman–Crippen LogP) is 3.92. The minimum atomic E-state index is -0.343. The molecule has 2 aromatic carbocycles. The van der Waals surface area contributed by atoms with Crippen molar-refractivity contribution in [2.75, 3.05) is 16.8 Å². The van der Waals surface area contributed by atoms with Crippen molar-refractivity contribution in [3.05, 3.63) is 88.0 Å². The van der Waals surface area contributed by atoms with E-state index in [1.807, 2.05) is 43.3 Å². The van der Waals surface area contributed by atoms with E-state index in [1.165, 1.54) is 23.6 Å². The Labute approximate surface area is 175 Å². The molecule has 1 aromatic heterocycles. The Balaban J connectivity index is 1.37. The molecule has 2 heterocycles. The minimum Gasteiger partial charge on any atom is -0.477 e. The number of hydrogen-bond donors (Lipinski definition) is 1. The molecule has 1 aliphatic rings. The van der Waals surface area contributed by atoms with Crippen molar-refractivity contribution in [2.45, 2.75) is 32.9 Å². The van der Waals surface area contributed by atoms with Gasteiger partial charge in [-0.3, -0.25) is 9.59 Å². The molecule has 0 radical (unpaired) electrons. The minimum absolute atomic E-state index is 0.0210. The number of amides is 1. The summed E-state index contributed by atoms with van der Waals surface area (Å²) in [5.41, 5.74) is 3.94. The van der Waals surface area contributed by atoms with Crippen LogP contribution in [0.3, 0.4) is 0 Å². The van der Waals surface area contributed by atoms with E-state index in [0.29, 0.717) is 24.0 Å². The number of ether oxygens (including phenoxy) is 1. The Morgan fingerprint density at radius 2 is 1.97 bits per heavy atom. The van der Waals surface area contributed by atoms with E-state index in [2.05, 4.69) is 29.3 Å². The van der Waals surface area contributed by atoms with E-state index in [4.69, 9.17) is 9.15 Å². The number of nitrogens with one attached hydrogen (secondary N) is 1. The molecule has 30 heavy (non-hydrogen) atoms. The lowest BCUT2D eigenvalue weighted by atomic mass is 10.1. The van der Waals surface area contributed by atoms with E-state index in [0.717, 1.165) is 12.0 Å². The van der Waals surface area contributed by atoms with Crippen molar-refractivity contribution in [1.82, 2.24) is 0 Å². The normalized spacial score (nSPS) is 15.0. The summed E-state index contributed by atoms with van der Waals surface area (Å²) < 4.78 is 11.0. The predicted molar refractivity (Wildman–Crippen MR) is 116 cm³/mol. The number of fused-ring (bicyclic) bond motifs is 1. The zero-order chi connectivity index (χ0) is 21.1. The largest absolute Gasteiger partial charge is 0.477 e. The van der Waals surface area contributed by atoms with E-state index >= 15 is 0 Å². The molecule has 4 rings (SSSR count). The molecule has 1 atom stereocenters. The number of nitrogens with zero attached hydrogens (tertiary/aromatic N) is 1. The number of anilines is 2. The first-order chi connectivity index (χ1) is 14.5. The maximum Gasteiger partial charge on any atom is 0.262 e. The molecule has 154 valence electrons. The van der Waals surface area contributed by atoms with Crippen LogP contribution in [0.2, 0.25) is 0 Å². The lowest BCUT2D eigenvalue weighted by Gasteiger charge is -2.24. The molecule has 1 aliphatic heterocycles. The molecule has 0 spiro atoms. The van der Waals surface area contributed by atoms with Gasteiger partial charge < -0.3 is 19.4 Å². The van der Waals surface area contributed by atoms with Crippen LogP contribution in [-0.4, -0.2) is 18.6 Å². The van der Waals surface area contributed by atoms with Gasteiger partial charge in [-0.25, -0.2) is 0 Å². The first-order valence-electron chi connectivity index (χ1n) is 9.95. The third-order valence-electron chi connectivity index (χ3n) is 5.22. The Morgan fingerprint density at radius 3 is 2.73 bits per heavy atom. The van der Waals surface area contributed by atoms with Gasteiger partial charge in [0.15, 0.2) is 6.61 Å². The first kappa shape index (κ1) is 19.8. The molecule has 0 bridgehead atoms. The second-order valence-corrected chi connectivity index (χ2v) is 7.59. The van der Waals surface area contributed by atoms with E-state index in [1.54, 1.807) is 0 Å². The molecular formula is C24H24N2O4. The van der Waals surface area contributed by atoms with Crippen molar-refractivity contribution in [3.63, 3.8) is 0 Å². The highest BCUT2D eigenvalue weighted by Gasteiger charge is 2.26. The van der Waals surface area contributed by atoms with Crippen LogP contribution in [0, 0.1) is 6.92 Å². The highest BCUT2D eigenvalue weighted by Crippen LogP contribution is 2.32. The third-order valence-corrected chi connectivity index (χ3v) is 5.22. The Bertz CT molecular complexity index is 1100. The van der Waals surface area contributed by atoms with Crippen molar-refractivity contribution < 1.29 is 13.9 Å². The van der Waals surface area contributed by atoms with Crippen molar-refractivity contribution in [1.29, 1.82) is 0 Å². The van der Waals surface area contributed by atoms with Gasteiger partial charge in [0, 0.05) is 23.5 Å². The van der Waals surface area contributed by atoms with Crippen LogP contribution in [0.1, 0.15) is 23.8 Å². The average Bonchev–Trinajstić information content (AvgIpc) is 3.04. The monoisotopic (exact) mass is 404 g/mol. The smallest absolute Gasteiger partial charge is 0.262 e. The standard InChI is InChI=1S/C24H24N2O4/c1-16-7-9-19(10-8-16)25-24(28)15-30-23-14-29-20(12-22(23)27)13-26-17(2)11-18-5-3-4-6-21(18)26/h3-10,12,14,17H,11,13,15H2,1-2H3,(H,25,28)/t17-/m0/s1. The second kappa shape index (κ2) is 8.45. The fourth-order valence-corrected chi connectivity index (χ4v) is 3.64. The van der Waals surface area contributed by atoms with E-state index in [-0.39, 0.29) is 23.7 Å². The Morgan fingerprint density at radius 1 is 1.20 bits per heavy atom. The van der Waals surface area contributed by atoms with Gasteiger partial charge in [0.1, 0.15) is 12.0 Å². The average molecular weight is 404 g/mol. The van der Waals surface area contributed by atoms with Crippen LogP contribution in [0.4, 0.5) is 11.4 Å². The van der Waals surface area contributed by atoms with Crippen LogP contribution in [0.5, 0.6) is 5.75 Å². The quantitative estimate of drug-likeness (QED) is 0.674. The summed E-state index contributed by atoms with van der Waals surface area (Å²) in [5.74, 6) is 0.234. The maximum absolute atomic E-state index is 12.4. The first-order valence-corrected chi connectivity index (χ1v) is 9.95. The number of carbonyl (C=O) groups excluding carboxylic acids is 1. The molecule has 0 aliphatic carbocycles. The van der Waals surface area contributed by atoms with Gasteiger partial charge in [0.25, 0.3) is 5.91 Å². The fraction of sp³-hybridized carbons (Fsp3) is 0.250. The maximum atomic E-state index is 12.4. The highest BCUT2D eigenvalue weighted by atomic mass is 16.5. The molecule has 0 fully saturated rings. The Kier molecular flexibility index (Phi) is 5.57. The molecule has 0 saturated heterocycles. The lowest BCUT2D eigenvalue weighted by molar-refractivity contribution is -0.118. The van der Waals surface area contributed by atoms with Gasteiger partial charge in [-0.2, -0.15) is 0 Å². The molecule has 1 amide bonds. The number of hydrogen-bond acceptors (Lipinski definition) is 5. The summed E-state index contributed by atoms with van der Waals surface area (Å²) in [7, 11) is 0. The van der Waals surface area contributed by atoms with Crippen LogP contribution in [-0.2, 0) is 17.8 Å². The lowest BCUT2D eigenvalue weighted by Crippen LogP contribution is -2.29. The summed E-state index contributed by atoms with van der Waals surface area (Å²) in [5, 5.41) is 2.73. The zero-order valence-electron chi connectivity index (χ0n) is 17.1. The van der Waals surface area contributed by atoms with Gasteiger partial charge in [0.05, 0.1) is 6.54 Å². The number of aryl methyl sites for hydroxylation is 1. The highest BCUT2D eigenvalue weighted by molar-refractivity contribution is 5.91. The number of para-hydroxylation sites is 1. The molecule has 0 saturated carbocycles. The Hall–Kier alpha value is -3.54. The van der Waals surface area contributed by atoms with Crippen molar-refractivity contribution in [3.8, 4) is 5.75 Å². The number of carbonyl (C=O) groups is 1. The number of rotatable bonds is 6. The molecule has 6 nitrogen and oxygen atoms in total.